The van der Waals surface area contributed by atoms with Crippen molar-refractivity contribution in [3.63, 3.8) is 0 Å². The normalized spacial score (nSPS) is 10.5. The van der Waals surface area contributed by atoms with E-state index in [9.17, 15) is 4.79 Å². The fraction of sp³-hybridized carbons (Fsp3) is 0.0588. The molecule has 0 atom stereocenters. The summed E-state index contributed by atoms with van der Waals surface area (Å²) < 4.78 is 0. The number of nitrogens with one attached hydrogen (secondary N) is 1. The summed E-state index contributed by atoms with van der Waals surface area (Å²) in [5.41, 5.74) is 2.50. The molecular weight excluding hydrogens is 316 g/mol. The third-order valence-electron chi connectivity index (χ3n) is 3.17. The summed E-state index contributed by atoms with van der Waals surface area (Å²) in [5, 5.41) is 4.03. The number of anilines is 1. The van der Waals surface area contributed by atoms with E-state index in [4.69, 9.17) is 11.6 Å². The van der Waals surface area contributed by atoms with Gasteiger partial charge in [-0.15, -0.1) is 11.3 Å². The molecule has 0 fully saturated rings. The van der Waals surface area contributed by atoms with Gasteiger partial charge in [-0.05, 0) is 31.2 Å². The first-order valence-corrected chi connectivity index (χ1v) is 7.93. The molecule has 0 spiro atoms. The molecule has 0 unspecified atom stereocenters. The highest BCUT2D eigenvalue weighted by Crippen LogP contribution is 2.30. The zero-order valence-electron chi connectivity index (χ0n) is 11.8. The molecule has 1 heterocycles. The number of halogens is 1. The minimum absolute atomic E-state index is 0.190. The molecule has 0 radical (unpaired) electrons. The molecular formula is C17H13ClN2OS. The number of thiazole rings is 1. The SMILES string of the molecule is Cc1sc(NC(=O)c2ccc(Cl)cc2)nc1-c1ccccc1. The van der Waals surface area contributed by atoms with Crippen molar-refractivity contribution in [3.8, 4) is 11.3 Å². The number of amides is 1. The van der Waals surface area contributed by atoms with Gasteiger partial charge in [0.2, 0.25) is 0 Å². The molecule has 0 bridgehead atoms. The monoisotopic (exact) mass is 328 g/mol. The topological polar surface area (TPSA) is 42.0 Å². The average molecular weight is 329 g/mol. The van der Waals surface area contributed by atoms with Gasteiger partial charge in [0, 0.05) is 21.0 Å². The molecule has 3 nitrogen and oxygen atoms in total. The Labute approximate surface area is 137 Å². The first kappa shape index (κ1) is 14.8. The number of rotatable bonds is 3. The second-order valence-corrected chi connectivity index (χ2v) is 6.39. The number of carbonyl (C=O) groups is 1. The van der Waals surface area contributed by atoms with Gasteiger partial charge in [0.15, 0.2) is 5.13 Å². The maximum atomic E-state index is 12.2. The molecule has 0 saturated heterocycles. The van der Waals surface area contributed by atoms with Crippen LogP contribution in [0.3, 0.4) is 0 Å². The van der Waals surface area contributed by atoms with E-state index in [1.54, 1.807) is 24.3 Å². The average Bonchev–Trinajstić information content (AvgIpc) is 2.89. The highest BCUT2D eigenvalue weighted by atomic mass is 35.5. The zero-order chi connectivity index (χ0) is 15.5. The highest BCUT2D eigenvalue weighted by Gasteiger charge is 2.12. The summed E-state index contributed by atoms with van der Waals surface area (Å²) in [7, 11) is 0. The van der Waals surface area contributed by atoms with Gasteiger partial charge in [-0.2, -0.15) is 0 Å². The Balaban J connectivity index is 1.82. The third kappa shape index (κ3) is 3.18. The molecule has 3 rings (SSSR count). The molecule has 5 heteroatoms. The lowest BCUT2D eigenvalue weighted by Gasteiger charge is -2.01. The second-order valence-electron chi connectivity index (χ2n) is 4.75. The lowest BCUT2D eigenvalue weighted by molar-refractivity contribution is 0.102. The van der Waals surface area contributed by atoms with E-state index in [-0.39, 0.29) is 5.91 Å². The third-order valence-corrected chi connectivity index (χ3v) is 4.31. The fourth-order valence-corrected chi connectivity index (χ4v) is 3.04. The number of aromatic nitrogens is 1. The van der Waals surface area contributed by atoms with E-state index < -0.39 is 0 Å². The standard InChI is InChI=1S/C17H13ClN2OS/c1-11-15(12-5-3-2-4-6-12)19-17(22-11)20-16(21)13-7-9-14(18)10-8-13/h2-10H,1H3,(H,19,20,21). The minimum Gasteiger partial charge on any atom is -0.298 e. The first-order valence-electron chi connectivity index (χ1n) is 6.73. The van der Waals surface area contributed by atoms with Gasteiger partial charge in [-0.1, -0.05) is 41.9 Å². The van der Waals surface area contributed by atoms with Crippen molar-refractivity contribution >= 4 is 34.0 Å². The van der Waals surface area contributed by atoms with E-state index >= 15 is 0 Å². The predicted octanol–water partition coefficient (Wildman–Crippen LogP) is 5.02. The summed E-state index contributed by atoms with van der Waals surface area (Å²) in [5.74, 6) is -0.190. The summed E-state index contributed by atoms with van der Waals surface area (Å²) in [4.78, 5) is 17.8. The van der Waals surface area contributed by atoms with Crippen LogP contribution in [0.25, 0.3) is 11.3 Å². The van der Waals surface area contributed by atoms with Crippen LogP contribution >= 0.6 is 22.9 Å². The van der Waals surface area contributed by atoms with Crippen molar-refractivity contribution in [3.05, 3.63) is 70.1 Å². The number of aryl methyl sites for hydroxylation is 1. The number of hydrogen-bond acceptors (Lipinski definition) is 3. The van der Waals surface area contributed by atoms with Gasteiger partial charge < -0.3 is 0 Å². The molecule has 0 aliphatic carbocycles. The van der Waals surface area contributed by atoms with Crippen LogP contribution in [0.15, 0.2) is 54.6 Å². The maximum absolute atomic E-state index is 12.2. The van der Waals surface area contributed by atoms with E-state index in [1.165, 1.54) is 11.3 Å². The summed E-state index contributed by atoms with van der Waals surface area (Å²) in [6.45, 7) is 2.00. The van der Waals surface area contributed by atoms with Crippen molar-refractivity contribution in [2.45, 2.75) is 6.92 Å². The Kier molecular flexibility index (Phi) is 4.22. The Morgan fingerprint density at radius 1 is 1.09 bits per heavy atom. The smallest absolute Gasteiger partial charge is 0.257 e. The van der Waals surface area contributed by atoms with Crippen molar-refractivity contribution in [2.75, 3.05) is 5.32 Å². The zero-order valence-corrected chi connectivity index (χ0v) is 13.4. The van der Waals surface area contributed by atoms with E-state index in [0.29, 0.717) is 15.7 Å². The van der Waals surface area contributed by atoms with Gasteiger partial charge in [0.05, 0.1) is 5.69 Å². The molecule has 1 amide bonds. The van der Waals surface area contributed by atoms with Crippen LogP contribution in [-0.4, -0.2) is 10.9 Å². The second kappa shape index (κ2) is 6.30. The van der Waals surface area contributed by atoms with Crippen LogP contribution in [-0.2, 0) is 0 Å². The van der Waals surface area contributed by atoms with Gasteiger partial charge >= 0.3 is 0 Å². The minimum atomic E-state index is -0.190. The quantitative estimate of drug-likeness (QED) is 0.733. The Morgan fingerprint density at radius 2 is 1.77 bits per heavy atom. The highest BCUT2D eigenvalue weighted by molar-refractivity contribution is 7.16. The molecule has 2 aromatic carbocycles. The largest absolute Gasteiger partial charge is 0.298 e. The maximum Gasteiger partial charge on any atom is 0.257 e. The van der Waals surface area contributed by atoms with Gasteiger partial charge in [-0.25, -0.2) is 4.98 Å². The van der Waals surface area contributed by atoms with Crippen LogP contribution in [0.5, 0.6) is 0 Å². The lowest BCUT2D eigenvalue weighted by Crippen LogP contribution is -2.11. The summed E-state index contributed by atoms with van der Waals surface area (Å²) in [6.07, 6.45) is 0. The summed E-state index contributed by atoms with van der Waals surface area (Å²) >= 11 is 7.29. The fourth-order valence-electron chi connectivity index (χ4n) is 2.08. The van der Waals surface area contributed by atoms with Crippen LogP contribution in [0.1, 0.15) is 15.2 Å². The van der Waals surface area contributed by atoms with Crippen molar-refractivity contribution in [2.24, 2.45) is 0 Å². The molecule has 0 aliphatic heterocycles. The van der Waals surface area contributed by atoms with Crippen molar-refractivity contribution < 1.29 is 4.79 Å². The Morgan fingerprint density at radius 3 is 2.45 bits per heavy atom. The molecule has 0 aliphatic rings. The molecule has 22 heavy (non-hydrogen) atoms. The molecule has 110 valence electrons. The van der Waals surface area contributed by atoms with E-state index in [2.05, 4.69) is 10.3 Å². The number of nitrogens with zero attached hydrogens (tertiary/aromatic N) is 1. The number of carbonyl (C=O) groups excluding carboxylic acids is 1. The molecule has 1 aromatic heterocycles. The lowest BCUT2D eigenvalue weighted by atomic mass is 10.1. The van der Waals surface area contributed by atoms with Crippen molar-refractivity contribution in [1.82, 2.24) is 4.98 Å². The Bertz CT molecular complexity index is 797. The molecule has 3 aromatic rings. The van der Waals surface area contributed by atoms with Crippen LogP contribution in [0, 0.1) is 6.92 Å². The van der Waals surface area contributed by atoms with Crippen LogP contribution < -0.4 is 5.32 Å². The van der Waals surface area contributed by atoms with Gasteiger partial charge in [0.25, 0.3) is 5.91 Å². The van der Waals surface area contributed by atoms with E-state index in [1.807, 2.05) is 37.3 Å². The van der Waals surface area contributed by atoms with Gasteiger partial charge in [-0.3, -0.25) is 10.1 Å². The first-order chi connectivity index (χ1) is 10.6. The summed E-state index contributed by atoms with van der Waals surface area (Å²) in [6, 6.07) is 16.7. The molecule has 0 saturated carbocycles. The van der Waals surface area contributed by atoms with Crippen LogP contribution in [0.2, 0.25) is 5.02 Å². The number of benzene rings is 2. The van der Waals surface area contributed by atoms with Crippen LogP contribution in [0.4, 0.5) is 5.13 Å². The van der Waals surface area contributed by atoms with Crippen molar-refractivity contribution in [1.29, 1.82) is 0 Å². The molecule has 1 N–H and O–H groups in total. The Hall–Kier alpha value is -2.17. The number of hydrogen-bond donors (Lipinski definition) is 1. The predicted molar refractivity (Wildman–Crippen MR) is 91.7 cm³/mol. The van der Waals surface area contributed by atoms with E-state index in [0.717, 1.165) is 16.1 Å². The van der Waals surface area contributed by atoms with Gasteiger partial charge in [0.1, 0.15) is 0 Å².